The van der Waals surface area contributed by atoms with Gasteiger partial charge in [0.2, 0.25) is 11.8 Å². The molecule has 1 aromatic carbocycles. The zero-order valence-electron chi connectivity index (χ0n) is 13.0. The van der Waals surface area contributed by atoms with Gasteiger partial charge < -0.3 is 20.1 Å². The largest absolute Gasteiger partial charge is 0.493 e. The second kappa shape index (κ2) is 7.68. The van der Waals surface area contributed by atoms with Crippen molar-refractivity contribution in [3.63, 3.8) is 0 Å². The van der Waals surface area contributed by atoms with Gasteiger partial charge >= 0.3 is 0 Å². The fraction of sp³-hybridized carbons (Fsp3) is 0.500. The van der Waals surface area contributed by atoms with Crippen molar-refractivity contribution >= 4 is 11.8 Å². The number of hydrogen-bond donors (Lipinski definition) is 2. The molecule has 1 fully saturated rings. The topological polar surface area (TPSA) is 76.7 Å². The minimum absolute atomic E-state index is 0.0587. The molecule has 0 aliphatic carbocycles. The van der Waals surface area contributed by atoms with Crippen molar-refractivity contribution < 1.29 is 19.1 Å². The van der Waals surface area contributed by atoms with Gasteiger partial charge in [-0.3, -0.25) is 9.59 Å². The lowest BCUT2D eigenvalue weighted by molar-refractivity contribution is -0.128. The molecule has 1 aliphatic rings. The van der Waals surface area contributed by atoms with Crippen LogP contribution in [-0.2, 0) is 16.1 Å². The third kappa shape index (κ3) is 3.90. The Morgan fingerprint density at radius 3 is 2.86 bits per heavy atom. The fourth-order valence-corrected chi connectivity index (χ4v) is 2.57. The molecular weight excluding hydrogens is 284 g/mol. The van der Waals surface area contributed by atoms with Crippen molar-refractivity contribution in [1.29, 1.82) is 0 Å². The maximum absolute atomic E-state index is 12.2. The summed E-state index contributed by atoms with van der Waals surface area (Å²) in [6.45, 7) is 0.325. The van der Waals surface area contributed by atoms with Gasteiger partial charge in [0, 0.05) is 18.5 Å². The van der Waals surface area contributed by atoms with E-state index in [1.165, 1.54) is 0 Å². The number of carbonyl (C=O) groups is 2. The van der Waals surface area contributed by atoms with Crippen LogP contribution >= 0.6 is 0 Å². The van der Waals surface area contributed by atoms with Crippen molar-refractivity contribution in [1.82, 2.24) is 10.6 Å². The molecule has 2 rings (SSSR count). The summed E-state index contributed by atoms with van der Waals surface area (Å²) in [4.78, 5) is 23.8. The summed E-state index contributed by atoms with van der Waals surface area (Å²) < 4.78 is 10.6. The van der Waals surface area contributed by atoms with Gasteiger partial charge in [-0.25, -0.2) is 0 Å². The summed E-state index contributed by atoms with van der Waals surface area (Å²) >= 11 is 0. The first-order chi connectivity index (χ1) is 10.7. The van der Waals surface area contributed by atoms with Crippen LogP contribution < -0.4 is 20.1 Å². The lowest BCUT2D eigenvalue weighted by Crippen LogP contribution is -2.45. The molecule has 6 nitrogen and oxygen atoms in total. The molecule has 1 heterocycles. The van der Waals surface area contributed by atoms with Crippen molar-refractivity contribution in [2.24, 2.45) is 0 Å². The maximum atomic E-state index is 12.2. The van der Waals surface area contributed by atoms with Crippen LogP contribution in [0, 0.1) is 0 Å². The Hall–Kier alpha value is -2.24. The number of methoxy groups -OCH3 is 2. The van der Waals surface area contributed by atoms with Crippen molar-refractivity contribution in [3.05, 3.63) is 23.8 Å². The highest BCUT2D eigenvalue weighted by Crippen LogP contribution is 2.30. The Kier molecular flexibility index (Phi) is 5.63. The second-order valence-electron chi connectivity index (χ2n) is 5.24. The Labute approximate surface area is 130 Å². The summed E-state index contributed by atoms with van der Waals surface area (Å²) in [5.74, 6) is 1.00. The molecule has 0 bridgehead atoms. The molecule has 2 N–H and O–H groups in total. The van der Waals surface area contributed by atoms with E-state index in [1.807, 2.05) is 12.1 Å². The summed E-state index contributed by atoms with van der Waals surface area (Å²) in [6.07, 6.45) is 2.87. The van der Waals surface area contributed by atoms with Crippen LogP contribution in [0.25, 0.3) is 0 Å². The summed E-state index contributed by atoms with van der Waals surface area (Å²) in [5.41, 5.74) is 0.829. The molecule has 120 valence electrons. The lowest BCUT2D eigenvalue weighted by Gasteiger charge is -2.17. The molecule has 6 heteroatoms. The highest BCUT2D eigenvalue weighted by Gasteiger charge is 2.23. The first-order valence-electron chi connectivity index (χ1n) is 7.42. The predicted octanol–water partition coefficient (Wildman–Crippen LogP) is 1.38. The number of hydrogen-bond acceptors (Lipinski definition) is 4. The van der Waals surface area contributed by atoms with E-state index in [0.29, 0.717) is 30.9 Å². The van der Waals surface area contributed by atoms with E-state index in [0.717, 1.165) is 18.4 Å². The molecule has 0 saturated carbocycles. The quantitative estimate of drug-likeness (QED) is 0.861. The molecule has 1 aromatic rings. The summed E-state index contributed by atoms with van der Waals surface area (Å²) in [7, 11) is 3.13. The summed E-state index contributed by atoms with van der Waals surface area (Å²) in [6, 6.07) is 5.06. The maximum Gasteiger partial charge on any atom is 0.242 e. The van der Waals surface area contributed by atoms with Gasteiger partial charge in [0.1, 0.15) is 6.04 Å². The van der Waals surface area contributed by atoms with E-state index in [1.54, 1.807) is 20.3 Å². The van der Waals surface area contributed by atoms with Gasteiger partial charge in [-0.2, -0.15) is 0 Å². The van der Waals surface area contributed by atoms with Crippen molar-refractivity contribution in [2.75, 3.05) is 14.2 Å². The van der Waals surface area contributed by atoms with Gasteiger partial charge in [0.15, 0.2) is 11.5 Å². The van der Waals surface area contributed by atoms with E-state index in [9.17, 15) is 9.59 Å². The molecule has 1 aliphatic heterocycles. The zero-order chi connectivity index (χ0) is 15.9. The molecule has 1 unspecified atom stereocenters. The van der Waals surface area contributed by atoms with Crippen LogP contribution in [0.1, 0.15) is 31.2 Å². The molecule has 0 aromatic heterocycles. The highest BCUT2D eigenvalue weighted by atomic mass is 16.5. The average molecular weight is 306 g/mol. The van der Waals surface area contributed by atoms with E-state index < -0.39 is 6.04 Å². The lowest BCUT2D eigenvalue weighted by atomic mass is 10.1. The third-order valence-corrected chi connectivity index (χ3v) is 3.74. The molecule has 22 heavy (non-hydrogen) atoms. The number of rotatable bonds is 5. The molecular formula is C16H22N2O4. The normalized spacial score (nSPS) is 18.1. The van der Waals surface area contributed by atoms with Gasteiger partial charge in [-0.05, 0) is 18.9 Å². The second-order valence-corrected chi connectivity index (χ2v) is 5.24. The molecule has 0 radical (unpaired) electrons. The van der Waals surface area contributed by atoms with Crippen molar-refractivity contribution in [3.8, 4) is 11.5 Å². The van der Waals surface area contributed by atoms with E-state index in [4.69, 9.17) is 9.47 Å². The minimum atomic E-state index is -0.452. The Morgan fingerprint density at radius 2 is 2.14 bits per heavy atom. The highest BCUT2D eigenvalue weighted by molar-refractivity contribution is 5.87. The SMILES string of the molecule is COc1cccc(CNC(=O)C2CCCCC(=O)N2)c1OC. The van der Waals surface area contributed by atoms with Gasteiger partial charge in [0.05, 0.1) is 14.2 Å². The molecule has 2 amide bonds. The zero-order valence-corrected chi connectivity index (χ0v) is 13.0. The van der Waals surface area contributed by atoms with Gasteiger partial charge in [-0.15, -0.1) is 0 Å². The third-order valence-electron chi connectivity index (χ3n) is 3.74. The first kappa shape index (κ1) is 16.1. The van der Waals surface area contributed by atoms with E-state index in [-0.39, 0.29) is 11.8 Å². The number of carbonyl (C=O) groups excluding carboxylic acids is 2. The molecule has 1 saturated heterocycles. The standard InChI is InChI=1S/C16H22N2O4/c1-21-13-8-5-6-11(15(13)22-2)10-17-16(20)12-7-3-4-9-14(19)18-12/h5-6,8,12H,3-4,7,9-10H2,1-2H3,(H,17,20)(H,18,19). The van der Waals surface area contributed by atoms with Crippen molar-refractivity contribution in [2.45, 2.75) is 38.3 Å². The van der Waals surface area contributed by atoms with Crippen LogP contribution in [0.2, 0.25) is 0 Å². The van der Waals surface area contributed by atoms with Crippen LogP contribution in [0.4, 0.5) is 0 Å². The monoisotopic (exact) mass is 306 g/mol. The first-order valence-corrected chi connectivity index (χ1v) is 7.42. The van der Waals surface area contributed by atoms with Gasteiger partial charge in [0.25, 0.3) is 0 Å². The van der Waals surface area contributed by atoms with Crippen LogP contribution in [-0.4, -0.2) is 32.1 Å². The molecule has 0 spiro atoms. The minimum Gasteiger partial charge on any atom is -0.493 e. The predicted molar refractivity (Wildman–Crippen MR) is 81.8 cm³/mol. The van der Waals surface area contributed by atoms with Crippen LogP contribution in [0.15, 0.2) is 18.2 Å². The van der Waals surface area contributed by atoms with Gasteiger partial charge in [-0.1, -0.05) is 18.6 Å². The Bertz CT molecular complexity index is 545. The van der Waals surface area contributed by atoms with E-state index >= 15 is 0 Å². The average Bonchev–Trinajstić information content (AvgIpc) is 2.76. The number of para-hydroxylation sites is 1. The van der Waals surface area contributed by atoms with E-state index in [2.05, 4.69) is 10.6 Å². The summed E-state index contributed by atoms with van der Waals surface area (Å²) in [5, 5.41) is 5.61. The molecule has 1 atom stereocenters. The van der Waals surface area contributed by atoms with Crippen LogP contribution in [0.5, 0.6) is 11.5 Å². The Morgan fingerprint density at radius 1 is 1.32 bits per heavy atom. The number of nitrogens with one attached hydrogen (secondary N) is 2. The Balaban J connectivity index is 2.00. The number of amides is 2. The number of ether oxygens (including phenoxy) is 2. The smallest absolute Gasteiger partial charge is 0.242 e. The number of benzene rings is 1. The van der Waals surface area contributed by atoms with Crippen LogP contribution in [0.3, 0.4) is 0 Å². The fourth-order valence-electron chi connectivity index (χ4n) is 2.57.